The number of aliphatic imine (C=N–C) groups is 1. The first-order valence-electron chi connectivity index (χ1n) is 8.87. The number of nitrogens with zero attached hydrogens (tertiary/aromatic N) is 2. The molecule has 0 aliphatic carbocycles. The Morgan fingerprint density at radius 2 is 2.13 bits per heavy atom. The summed E-state index contributed by atoms with van der Waals surface area (Å²) >= 11 is 6.92. The number of ether oxygens (including phenoxy) is 1. The fraction of sp³-hybridized carbons (Fsp3) is 0.0952. The molecule has 3 aromatic rings. The van der Waals surface area contributed by atoms with Crippen LogP contribution in [0.15, 0.2) is 52.3 Å². The molecule has 1 aliphatic rings. The molecule has 0 fully saturated rings. The highest BCUT2D eigenvalue weighted by atomic mass is 35.5. The molecular formula is C21H16ClN3O4S. The summed E-state index contributed by atoms with van der Waals surface area (Å²) in [6.45, 7) is -0.335. The van der Waals surface area contributed by atoms with E-state index in [2.05, 4.69) is 10.3 Å². The summed E-state index contributed by atoms with van der Waals surface area (Å²) in [5.41, 5.74) is 2.98. The maximum atomic E-state index is 12.4. The molecule has 2 heterocycles. The lowest BCUT2D eigenvalue weighted by atomic mass is 10.1. The van der Waals surface area contributed by atoms with Crippen molar-refractivity contribution in [2.75, 3.05) is 12.4 Å². The number of para-hydroxylation sites is 1. The number of hydrogen-bond donors (Lipinski definition) is 2. The van der Waals surface area contributed by atoms with Crippen LogP contribution >= 0.6 is 22.9 Å². The molecule has 0 spiro atoms. The van der Waals surface area contributed by atoms with Gasteiger partial charge in [0.1, 0.15) is 12.3 Å². The van der Waals surface area contributed by atoms with E-state index in [1.54, 1.807) is 30.5 Å². The van der Waals surface area contributed by atoms with Crippen LogP contribution in [-0.4, -0.2) is 28.9 Å². The fourth-order valence-electron chi connectivity index (χ4n) is 3.03. The number of benzene rings is 2. The van der Waals surface area contributed by atoms with E-state index in [9.17, 15) is 14.7 Å². The number of rotatable bonds is 5. The minimum atomic E-state index is -0.474. The number of carbonyl (C=O) groups is 1. The predicted octanol–water partition coefficient (Wildman–Crippen LogP) is 4.17. The lowest BCUT2D eigenvalue weighted by Gasteiger charge is -2.08. The number of amides is 1. The molecule has 152 valence electrons. The van der Waals surface area contributed by atoms with Crippen LogP contribution in [0, 0.1) is 0 Å². The lowest BCUT2D eigenvalue weighted by Crippen LogP contribution is -2.24. The average Bonchev–Trinajstić information content (AvgIpc) is 3.25. The number of fused-ring (bicyclic) bond motifs is 1. The summed E-state index contributed by atoms with van der Waals surface area (Å²) in [6, 6.07) is 12.4. The van der Waals surface area contributed by atoms with Gasteiger partial charge in [0.15, 0.2) is 0 Å². The van der Waals surface area contributed by atoms with E-state index in [0.29, 0.717) is 21.3 Å². The van der Waals surface area contributed by atoms with E-state index in [4.69, 9.17) is 16.3 Å². The van der Waals surface area contributed by atoms with E-state index >= 15 is 0 Å². The number of aromatic nitrogens is 1. The van der Waals surface area contributed by atoms with Crippen LogP contribution in [0.2, 0.25) is 5.02 Å². The van der Waals surface area contributed by atoms with E-state index in [1.165, 1.54) is 7.11 Å². The molecule has 1 amide bonds. The number of carbonyl (C=O) groups excluding carboxylic acids is 1. The Labute approximate surface area is 180 Å². The van der Waals surface area contributed by atoms with Gasteiger partial charge in [-0.15, -0.1) is 0 Å². The molecule has 4 rings (SSSR count). The van der Waals surface area contributed by atoms with Gasteiger partial charge in [0.05, 0.1) is 22.7 Å². The number of hydrogen-bond acceptors (Lipinski definition) is 6. The first kappa shape index (κ1) is 19.9. The molecule has 30 heavy (non-hydrogen) atoms. The van der Waals surface area contributed by atoms with Crippen molar-refractivity contribution in [2.24, 2.45) is 4.99 Å². The Balaban J connectivity index is 1.54. The average molecular weight is 442 g/mol. The van der Waals surface area contributed by atoms with Crippen molar-refractivity contribution in [2.45, 2.75) is 6.54 Å². The Morgan fingerprint density at radius 3 is 2.90 bits per heavy atom. The van der Waals surface area contributed by atoms with Crippen LogP contribution in [0.5, 0.6) is 11.6 Å². The van der Waals surface area contributed by atoms with Crippen LogP contribution in [0.3, 0.4) is 0 Å². The standard InChI is InChI=1S/C21H16ClN3O4S/c1-29-17-7-6-13(9-15(17)22)24-19(26)11-25-20(27)18(30-21(25)28)8-12-10-23-16-5-3-2-4-14(12)16/h2-10,27H,11H2,1H3,(H,24,26)/b12-8+. The third-order valence-electron chi connectivity index (χ3n) is 4.48. The Bertz CT molecular complexity index is 1260. The van der Waals surface area contributed by atoms with Gasteiger partial charge in [0.2, 0.25) is 11.8 Å². The van der Waals surface area contributed by atoms with Crippen LogP contribution in [0.25, 0.3) is 11.6 Å². The highest BCUT2D eigenvalue weighted by Crippen LogP contribution is 2.34. The quantitative estimate of drug-likeness (QED) is 0.621. The molecule has 9 heteroatoms. The summed E-state index contributed by atoms with van der Waals surface area (Å²) in [5.74, 6) is -0.257. The molecule has 0 saturated heterocycles. The van der Waals surface area contributed by atoms with E-state index in [1.807, 2.05) is 24.3 Å². The zero-order valence-corrected chi connectivity index (χ0v) is 17.3. The number of methoxy groups -OCH3 is 1. The third kappa shape index (κ3) is 3.87. The highest BCUT2D eigenvalue weighted by molar-refractivity contribution is 7.10. The van der Waals surface area contributed by atoms with Gasteiger partial charge < -0.3 is 15.2 Å². The first-order chi connectivity index (χ1) is 14.5. The molecule has 1 aliphatic heterocycles. The maximum Gasteiger partial charge on any atom is 0.311 e. The lowest BCUT2D eigenvalue weighted by molar-refractivity contribution is -0.116. The van der Waals surface area contributed by atoms with E-state index in [-0.39, 0.29) is 12.4 Å². The minimum Gasteiger partial charge on any atom is -0.495 e. The van der Waals surface area contributed by atoms with Gasteiger partial charge >= 0.3 is 4.87 Å². The SMILES string of the molecule is COc1ccc(NC(=O)Cn2c(O)c(/C=C3\C=Nc4ccccc43)sc2=O)cc1Cl. The molecule has 0 bridgehead atoms. The van der Waals surface area contributed by atoms with Gasteiger partial charge in [-0.2, -0.15) is 0 Å². The van der Waals surface area contributed by atoms with Gasteiger partial charge in [-0.05, 0) is 30.3 Å². The fourth-order valence-corrected chi connectivity index (χ4v) is 4.13. The number of halogens is 1. The number of anilines is 1. The Hall–Kier alpha value is -3.36. The zero-order valence-electron chi connectivity index (χ0n) is 15.8. The monoisotopic (exact) mass is 441 g/mol. The largest absolute Gasteiger partial charge is 0.495 e. The molecule has 0 saturated carbocycles. The predicted molar refractivity (Wildman–Crippen MR) is 119 cm³/mol. The molecule has 0 unspecified atom stereocenters. The second-order valence-electron chi connectivity index (χ2n) is 6.41. The summed E-state index contributed by atoms with van der Waals surface area (Å²) in [7, 11) is 1.49. The van der Waals surface area contributed by atoms with Gasteiger partial charge in [-0.25, -0.2) is 0 Å². The summed E-state index contributed by atoms with van der Waals surface area (Å²) in [4.78, 5) is 29.0. The normalized spacial score (nSPS) is 13.5. The topological polar surface area (TPSA) is 92.9 Å². The molecule has 0 radical (unpaired) electrons. The maximum absolute atomic E-state index is 12.4. The van der Waals surface area contributed by atoms with Crippen molar-refractivity contribution < 1.29 is 14.6 Å². The minimum absolute atomic E-state index is 0.266. The third-order valence-corrected chi connectivity index (χ3v) is 5.69. The van der Waals surface area contributed by atoms with E-state index in [0.717, 1.165) is 32.7 Å². The van der Waals surface area contributed by atoms with Gasteiger partial charge in [0.25, 0.3) is 0 Å². The van der Waals surface area contributed by atoms with Gasteiger partial charge in [-0.1, -0.05) is 41.1 Å². The molecule has 1 aromatic heterocycles. The second kappa shape index (κ2) is 8.17. The number of allylic oxidation sites excluding steroid dienone is 1. The molecular weight excluding hydrogens is 426 g/mol. The van der Waals surface area contributed by atoms with Crippen molar-refractivity contribution in [3.05, 3.63) is 67.6 Å². The van der Waals surface area contributed by atoms with Crippen LogP contribution in [0.1, 0.15) is 10.4 Å². The first-order valence-corrected chi connectivity index (χ1v) is 10.1. The summed E-state index contributed by atoms with van der Waals surface area (Å²) in [6.07, 6.45) is 3.37. The van der Waals surface area contributed by atoms with Crippen molar-refractivity contribution in [3.63, 3.8) is 0 Å². The Morgan fingerprint density at radius 1 is 1.33 bits per heavy atom. The summed E-state index contributed by atoms with van der Waals surface area (Å²) in [5, 5.41) is 13.5. The summed E-state index contributed by atoms with van der Waals surface area (Å²) < 4.78 is 6.10. The number of thiazole rings is 1. The van der Waals surface area contributed by atoms with Crippen LogP contribution in [-0.2, 0) is 11.3 Å². The second-order valence-corrected chi connectivity index (χ2v) is 7.81. The van der Waals surface area contributed by atoms with Gasteiger partial charge in [0, 0.05) is 23.0 Å². The van der Waals surface area contributed by atoms with Crippen molar-refractivity contribution >= 4 is 58.1 Å². The van der Waals surface area contributed by atoms with Crippen molar-refractivity contribution in [1.82, 2.24) is 4.57 Å². The van der Waals surface area contributed by atoms with Crippen molar-refractivity contribution in [1.29, 1.82) is 0 Å². The molecule has 2 aromatic carbocycles. The number of aromatic hydroxyl groups is 1. The molecule has 0 atom stereocenters. The molecule has 2 N–H and O–H groups in total. The number of nitrogens with one attached hydrogen (secondary N) is 1. The zero-order chi connectivity index (χ0) is 21.3. The highest BCUT2D eigenvalue weighted by Gasteiger charge is 2.18. The smallest absolute Gasteiger partial charge is 0.311 e. The van der Waals surface area contributed by atoms with E-state index < -0.39 is 10.8 Å². The van der Waals surface area contributed by atoms with Crippen LogP contribution < -0.4 is 14.9 Å². The molecule has 7 nitrogen and oxygen atoms in total. The van der Waals surface area contributed by atoms with Gasteiger partial charge in [-0.3, -0.25) is 19.1 Å². The van der Waals surface area contributed by atoms with Crippen molar-refractivity contribution in [3.8, 4) is 11.6 Å². The van der Waals surface area contributed by atoms with Crippen LogP contribution in [0.4, 0.5) is 11.4 Å². The Kier molecular flexibility index (Phi) is 5.43.